The summed E-state index contributed by atoms with van der Waals surface area (Å²) in [5.74, 6) is 0.244. The van der Waals surface area contributed by atoms with Crippen LogP contribution in [0.5, 0.6) is 5.75 Å². The lowest BCUT2D eigenvalue weighted by Crippen LogP contribution is -2.19. The number of carbonyl (C=O) groups is 1. The van der Waals surface area contributed by atoms with Crippen molar-refractivity contribution in [2.75, 3.05) is 10.6 Å². The molecule has 6 heteroatoms. The van der Waals surface area contributed by atoms with Gasteiger partial charge in [-0.05, 0) is 24.3 Å². The summed E-state index contributed by atoms with van der Waals surface area (Å²) in [6.07, 6.45) is 1.44. The van der Waals surface area contributed by atoms with Crippen molar-refractivity contribution in [3.8, 4) is 5.75 Å². The monoisotopic (exact) mass is 252 g/mol. The van der Waals surface area contributed by atoms with E-state index in [4.69, 9.17) is 16.0 Å². The summed E-state index contributed by atoms with van der Waals surface area (Å²) in [7, 11) is 0. The number of nitrogens with one attached hydrogen (secondary N) is 2. The smallest absolute Gasteiger partial charge is 0.326 e. The Morgan fingerprint density at radius 3 is 2.82 bits per heavy atom. The Kier molecular flexibility index (Phi) is 3.20. The molecule has 0 atom stereocenters. The van der Waals surface area contributed by atoms with Gasteiger partial charge in [0.1, 0.15) is 5.75 Å². The van der Waals surface area contributed by atoms with Crippen molar-refractivity contribution in [3.05, 3.63) is 41.6 Å². The van der Waals surface area contributed by atoms with Crippen molar-refractivity contribution in [1.82, 2.24) is 0 Å². The molecule has 1 aromatic heterocycles. The fourth-order valence-electron chi connectivity index (χ4n) is 1.22. The molecule has 1 aromatic carbocycles. The summed E-state index contributed by atoms with van der Waals surface area (Å²) in [6.45, 7) is 0. The molecule has 0 aliphatic carbocycles. The topological polar surface area (TPSA) is 74.5 Å². The van der Waals surface area contributed by atoms with E-state index in [0.717, 1.165) is 0 Å². The molecule has 0 radical (unpaired) electrons. The summed E-state index contributed by atoms with van der Waals surface area (Å²) in [6, 6.07) is 7.07. The van der Waals surface area contributed by atoms with Crippen molar-refractivity contribution < 1.29 is 14.3 Å². The lowest BCUT2D eigenvalue weighted by Gasteiger charge is -2.07. The average molecular weight is 253 g/mol. The van der Waals surface area contributed by atoms with Gasteiger partial charge in [0, 0.05) is 11.1 Å². The number of rotatable bonds is 2. The molecule has 17 heavy (non-hydrogen) atoms. The number of anilines is 2. The molecule has 2 aromatic rings. The standard InChI is InChI=1S/C11H9ClN2O3/c12-7-3-4-9(15)8(6-7)13-11(16)14-10-2-1-5-17-10/h1-6,15H,(H2,13,14,16). The highest BCUT2D eigenvalue weighted by Gasteiger charge is 2.07. The first-order chi connectivity index (χ1) is 8.15. The maximum absolute atomic E-state index is 11.5. The van der Waals surface area contributed by atoms with Gasteiger partial charge >= 0.3 is 6.03 Å². The van der Waals surface area contributed by atoms with Crippen LogP contribution in [-0.2, 0) is 0 Å². The molecule has 1 heterocycles. The molecule has 0 aliphatic rings. The van der Waals surface area contributed by atoms with E-state index < -0.39 is 6.03 Å². The number of phenolic OH excluding ortho intramolecular Hbond substituents is 1. The molecular formula is C11H9ClN2O3. The van der Waals surface area contributed by atoms with Gasteiger partial charge in [0.15, 0.2) is 0 Å². The third-order valence-electron chi connectivity index (χ3n) is 1.96. The van der Waals surface area contributed by atoms with E-state index in [1.54, 1.807) is 12.1 Å². The van der Waals surface area contributed by atoms with Crippen molar-refractivity contribution in [2.45, 2.75) is 0 Å². The van der Waals surface area contributed by atoms with Gasteiger partial charge in [0.05, 0.1) is 12.0 Å². The Balaban J connectivity index is 2.05. The van der Waals surface area contributed by atoms with Gasteiger partial charge in [-0.25, -0.2) is 4.79 Å². The van der Waals surface area contributed by atoms with Gasteiger partial charge in [-0.3, -0.25) is 5.32 Å². The SMILES string of the molecule is O=C(Nc1ccco1)Nc1cc(Cl)ccc1O. The third kappa shape index (κ3) is 2.92. The summed E-state index contributed by atoms with van der Waals surface area (Å²) < 4.78 is 4.94. The molecule has 0 aliphatic heterocycles. The maximum Gasteiger partial charge on any atom is 0.326 e. The molecule has 0 fully saturated rings. The lowest BCUT2D eigenvalue weighted by atomic mass is 10.3. The van der Waals surface area contributed by atoms with Crippen LogP contribution in [0.2, 0.25) is 5.02 Å². The molecule has 2 rings (SSSR count). The fourth-order valence-corrected chi connectivity index (χ4v) is 1.40. The number of halogens is 1. The first-order valence-electron chi connectivity index (χ1n) is 4.75. The van der Waals surface area contributed by atoms with E-state index in [-0.39, 0.29) is 11.4 Å². The van der Waals surface area contributed by atoms with E-state index in [1.807, 2.05) is 0 Å². The van der Waals surface area contributed by atoms with Crippen LogP contribution < -0.4 is 10.6 Å². The molecular weight excluding hydrogens is 244 g/mol. The number of amides is 2. The highest BCUT2D eigenvalue weighted by molar-refractivity contribution is 6.31. The minimum absolute atomic E-state index is 0.0657. The minimum Gasteiger partial charge on any atom is -0.506 e. The van der Waals surface area contributed by atoms with Gasteiger partial charge in [0.25, 0.3) is 0 Å². The Morgan fingerprint density at radius 1 is 1.29 bits per heavy atom. The van der Waals surface area contributed by atoms with E-state index in [9.17, 15) is 9.90 Å². The predicted octanol–water partition coefficient (Wildman–Crippen LogP) is 3.28. The van der Waals surface area contributed by atoms with Gasteiger partial charge in [-0.1, -0.05) is 11.6 Å². The van der Waals surface area contributed by atoms with Gasteiger partial charge in [-0.15, -0.1) is 0 Å². The van der Waals surface area contributed by atoms with E-state index in [0.29, 0.717) is 10.9 Å². The number of benzene rings is 1. The fraction of sp³-hybridized carbons (Fsp3) is 0. The molecule has 0 saturated heterocycles. The highest BCUT2D eigenvalue weighted by Crippen LogP contribution is 2.26. The summed E-state index contributed by atoms with van der Waals surface area (Å²) in [5, 5.41) is 14.8. The van der Waals surface area contributed by atoms with Gasteiger partial charge in [0.2, 0.25) is 5.88 Å². The first-order valence-corrected chi connectivity index (χ1v) is 5.13. The van der Waals surface area contributed by atoms with Crippen molar-refractivity contribution in [3.63, 3.8) is 0 Å². The first kappa shape index (κ1) is 11.3. The Hall–Kier alpha value is -2.14. The number of carbonyl (C=O) groups excluding carboxylic acids is 1. The minimum atomic E-state index is -0.530. The zero-order valence-electron chi connectivity index (χ0n) is 8.61. The zero-order chi connectivity index (χ0) is 12.3. The van der Waals surface area contributed by atoms with Crippen molar-refractivity contribution in [1.29, 1.82) is 0 Å². The van der Waals surface area contributed by atoms with Crippen molar-refractivity contribution in [2.24, 2.45) is 0 Å². The average Bonchev–Trinajstić information content (AvgIpc) is 2.76. The second-order valence-electron chi connectivity index (χ2n) is 3.22. The van der Waals surface area contributed by atoms with E-state index in [1.165, 1.54) is 24.5 Å². The number of hydrogen-bond acceptors (Lipinski definition) is 3. The molecule has 0 unspecified atom stereocenters. The zero-order valence-corrected chi connectivity index (χ0v) is 9.36. The normalized spacial score (nSPS) is 9.94. The van der Waals surface area contributed by atoms with Crippen LogP contribution in [0.3, 0.4) is 0 Å². The second kappa shape index (κ2) is 4.80. The molecule has 0 bridgehead atoms. The van der Waals surface area contributed by atoms with Crippen LogP contribution in [0.25, 0.3) is 0 Å². The summed E-state index contributed by atoms with van der Waals surface area (Å²) in [4.78, 5) is 11.5. The van der Waals surface area contributed by atoms with E-state index in [2.05, 4.69) is 10.6 Å². The predicted molar refractivity (Wildman–Crippen MR) is 64.5 cm³/mol. The third-order valence-corrected chi connectivity index (χ3v) is 2.20. The van der Waals surface area contributed by atoms with Crippen LogP contribution in [-0.4, -0.2) is 11.1 Å². The van der Waals surface area contributed by atoms with Crippen LogP contribution in [0.4, 0.5) is 16.4 Å². The number of phenols is 1. The van der Waals surface area contributed by atoms with Gasteiger partial charge < -0.3 is 14.8 Å². The molecule has 2 amide bonds. The molecule has 5 nitrogen and oxygen atoms in total. The van der Waals surface area contributed by atoms with Crippen molar-refractivity contribution >= 4 is 29.2 Å². The number of hydrogen-bond donors (Lipinski definition) is 3. The molecule has 0 spiro atoms. The number of aromatic hydroxyl groups is 1. The Morgan fingerprint density at radius 2 is 2.12 bits per heavy atom. The molecule has 3 N–H and O–H groups in total. The Labute approximate surface area is 102 Å². The summed E-state index contributed by atoms with van der Waals surface area (Å²) >= 11 is 5.74. The Bertz CT molecular complexity index is 526. The lowest BCUT2D eigenvalue weighted by molar-refractivity contribution is 0.261. The largest absolute Gasteiger partial charge is 0.506 e. The quantitative estimate of drug-likeness (QED) is 0.718. The molecule has 0 saturated carbocycles. The van der Waals surface area contributed by atoms with Crippen LogP contribution in [0, 0.1) is 0 Å². The highest BCUT2D eigenvalue weighted by atomic mass is 35.5. The second-order valence-corrected chi connectivity index (χ2v) is 3.65. The van der Waals surface area contributed by atoms with Crippen LogP contribution in [0.15, 0.2) is 41.0 Å². The molecule has 88 valence electrons. The van der Waals surface area contributed by atoms with E-state index >= 15 is 0 Å². The maximum atomic E-state index is 11.5. The number of urea groups is 1. The van der Waals surface area contributed by atoms with Crippen LogP contribution in [0.1, 0.15) is 0 Å². The number of furan rings is 1. The summed E-state index contributed by atoms with van der Waals surface area (Å²) in [5.41, 5.74) is 0.224. The van der Waals surface area contributed by atoms with Gasteiger partial charge in [-0.2, -0.15) is 0 Å². The van der Waals surface area contributed by atoms with Crippen LogP contribution >= 0.6 is 11.6 Å².